The third kappa shape index (κ3) is 3.16. The van der Waals surface area contributed by atoms with Gasteiger partial charge in [0.25, 0.3) is 0 Å². The molecule has 0 aliphatic carbocycles. The van der Waals surface area contributed by atoms with Gasteiger partial charge in [-0.3, -0.25) is 0 Å². The standard InChI is InChI=1S/C22H24ClN3O3/c1-14-8-9-21(13-27-14)12-22(25-20(24)26(2)29-22)18-11-16(6-7-19(18)28-21)15-4-3-5-17(23)10-15/h3-7,10-11,14H,8-9,12-13H2,1-2H3,(H2,24,25)/t14?,21-,22-/m1/s1. The smallest absolute Gasteiger partial charge is 0.222 e. The van der Waals surface area contributed by atoms with Gasteiger partial charge in [0.05, 0.1) is 18.3 Å². The normalized spacial score (nSPS) is 30.9. The average Bonchev–Trinajstić information content (AvgIpc) is 2.98. The van der Waals surface area contributed by atoms with E-state index in [0.29, 0.717) is 24.0 Å². The van der Waals surface area contributed by atoms with Crippen molar-refractivity contribution in [3.63, 3.8) is 0 Å². The summed E-state index contributed by atoms with van der Waals surface area (Å²) in [6, 6.07) is 13.9. The van der Waals surface area contributed by atoms with E-state index < -0.39 is 11.3 Å². The first-order valence-electron chi connectivity index (χ1n) is 9.87. The Balaban J connectivity index is 1.62. The summed E-state index contributed by atoms with van der Waals surface area (Å²) in [7, 11) is 1.77. The van der Waals surface area contributed by atoms with Crippen LogP contribution in [0.2, 0.25) is 5.02 Å². The molecule has 3 atom stereocenters. The number of nitrogens with two attached hydrogens (primary N) is 1. The fourth-order valence-electron chi connectivity index (χ4n) is 4.44. The molecule has 0 aromatic heterocycles. The molecule has 3 heterocycles. The van der Waals surface area contributed by atoms with Gasteiger partial charge in [0.15, 0.2) is 0 Å². The van der Waals surface area contributed by atoms with Gasteiger partial charge in [-0.05, 0) is 55.2 Å². The van der Waals surface area contributed by atoms with E-state index in [1.807, 2.05) is 36.4 Å². The Morgan fingerprint density at radius 3 is 2.72 bits per heavy atom. The Bertz CT molecular complexity index is 987. The summed E-state index contributed by atoms with van der Waals surface area (Å²) < 4.78 is 12.5. The summed E-state index contributed by atoms with van der Waals surface area (Å²) in [6.07, 6.45) is 2.59. The number of nitrogens with zero attached hydrogens (tertiary/aromatic N) is 2. The minimum atomic E-state index is -0.926. The van der Waals surface area contributed by atoms with Crippen molar-refractivity contribution in [1.29, 1.82) is 0 Å². The van der Waals surface area contributed by atoms with Crippen LogP contribution >= 0.6 is 11.6 Å². The van der Waals surface area contributed by atoms with Crippen LogP contribution < -0.4 is 10.5 Å². The summed E-state index contributed by atoms with van der Waals surface area (Å²) in [6.45, 7) is 2.60. The third-order valence-corrected chi connectivity index (χ3v) is 6.22. The van der Waals surface area contributed by atoms with E-state index in [2.05, 4.69) is 13.0 Å². The number of aliphatic imine (C=N–C) groups is 1. The van der Waals surface area contributed by atoms with E-state index in [4.69, 9.17) is 36.6 Å². The highest BCUT2D eigenvalue weighted by atomic mass is 35.5. The number of rotatable bonds is 1. The molecule has 1 unspecified atom stereocenters. The predicted molar refractivity (Wildman–Crippen MR) is 112 cm³/mol. The molecule has 3 aliphatic heterocycles. The second-order valence-corrected chi connectivity index (χ2v) is 8.62. The zero-order valence-corrected chi connectivity index (χ0v) is 17.3. The molecule has 0 bridgehead atoms. The van der Waals surface area contributed by atoms with Crippen LogP contribution in [0.5, 0.6) is 5.75 Å². The average molecular weight is 414 g/mol. The second-order valence-electron chi connectivity index (χ2n) is 8.19. The van der Waals surface area contributed by atoms with E-state index in [1.54, 1.807) is 7.05 Å². The van der Waals surface area contributed by atoms with Crippen molar-refractivity contribution < 1.29 is 14.3 Å². The van der Waals surface area contributed by atoms with E-state index in [-0.39, 0.29) is 6.10 Å². The highest BCUT2D eigenvalue weighted by molar-refractivity contribution is 6.30. The van der Waals surface area contributed by atoms with Gasteiger partial charge in [0, 0.05) is 18.5 Å². The first kappa shape index (κ1) is 18.7. The molecule has 0 saturated carbocycles. The monoisotopic (exact) mass is 413 g/mol. The Morgan fingerprint density at radius 2 is 2.03 bits per heavy atom. The van der Waals surface area contributed by atoms with Crippen molar-refractivity contribution in [3.8, 4) is 16.9 Å². The summed E-state index contributed by atoms with van der Waals surface area (Å²) in [5.41, 5.74) is 7.61. The van der Waals surface area contributed by atoms with E-state index in [1.165, 1.54) is 5.06 Å². The number of hydroxylamine groups is 2. The zero-order chi connectivity index (χ0) is 20.2. The van der Waals surface area contributed by atoms with Crippen molar-refractivity contribution in [1.82, 2.24) is 5.06 Å². The maximum atomic E-state index is 6.52. The summed E-state index contributed by atoms with van der Waals surface area (Å²) in [4.78, 5) is 11.0. The van der Waals surface area contributed by atoms with Crippen molar-refractivity contribution >= 4 is 17.6 Å². The van der Waals surface area contributed by atoms with Gasteiger partial charge < -0.3 is 15.2 Å². The number of guanidine groups is 1. The highest BCUT2D eigenvalue weighted by Gasteiger charge is 2.55. The van der Waals surface area contributed by atoms with Gasteiger partial charge >= 0.3 is 0 Å². The SMILES string of the molecule is CC1CC[C@]2(CO1)C[C@]1(N=C(N)N(C)O1)c1cc(-c3cccc(Cl)c3)ccc1O2. The quantitative estimate of drug-likeness (QED) is 0.763. The van der Waals surface area contributed by atoms with E-state index in [9.17, 15) is 0 Å². The van der Waals surface area contributed by atoms with Crippen LogP contribution in [0.4, 0.5) is 0 Å². The molecule has 5 rings (SSSR count). The second kappa shape index (κ2) is 6.62. The third-order valence-electron chi connectivity index (χ3n) is 5.99. The zero-order valence-electron chi connectivity index (χ0n) is 16.5. The molecule has 3 aliphatic rings. The molecule has 2 spiro atoms. The van der Waals surface area contributed by atoms with Crippen LogP contribution in [-0.4, -0.2) is 36.4 Å². The molecular formula is C22H24ClN3O3. The lowest BCUT2D eigenvalue weighted by Crippen LogP contribution is -2.54. The number of fused-ring (bicyclic) bond motifs is 2. The number of hydrogen-bond donors (Lipinski definition) is 1. The Morgan fingerprint density at radius 1 is 1.21 bits per heavy atom. The first-order chi connectivity index (χ1) is 13.9. The summed E-state index contributed by atoms with van der Waals surface area (Å²) in [5, 5.41) is 2.22. The summed E-state index contributed by atoms with van der Waals surface area (Å²) in [5.74, 6) is 1.11. The first-order valence-corrected chi connectivity index (χ1v) is 10.3. The molecule has 7 heteroatoms. The van der Waals surface area contributed by atoms with Gasteiger partial charge in [-0.15, -0.1) is 0 Å². The molecule has 152 valence electrons. The maximum Gasteiger partial charge on any atom is 0.222 e. The molecule has 0 radical (unpaired) electrons. The molecule has 2 aromatic carbocycles. The van der Waals surface area contributed by atoms with Crippen molar-refractivity contribution in [2.24, 2.45) is 10.7 Å². The Kier molecular flexibility index (Phi) is 4.28. The molecule has 1 saturated heterocycles. The van der Waals surface area contributed by atoms with Crippen molar-refractivity contribution in [2.45, 2.75) is 43.6 Å². The minimum Gasteiger partial charge on any atom is -0.484 e. The number of hydrogen-bond acceptors (Lipinski definition) is 6. The van der Waals surface area contributed by atoms with Gasteiger partial charge in [-0.1, -0.05) is 29.8 Å². The minimum absolute atomic E-state index is 0.229. The predicted octanol–water partition coefficient (Wildman–Crippen LogP) is 4.07. The topological polar surface area (TPSA) is 69.3 Å². The summed E-state index contributed by atoms with van der Waals surface area (Å²) >= 11 is 6.20. The largest absolute Gasteiger partial charge is 0.484 e. The maximum absolute atomic E-state index is 6.52. The fraction of sp³-hybridized carbons (Fsp3) is 0.409. The van der Waals surface area contributed by atoms with Gasteiger partial charge in [-0.25, -0.2) is 14.9 Å². The van der Waals surface area contributed by atoms with Gasteiger partial charge in [-0.2, -0.15) is 0 Å². The lowest BCUT2D eigenvalue weighted by molar-refractivity contribution is -0.220. The van der Waals surface area contributed by atoms with Gasteiger partial charge in [0.2, 0.25) is 11.7 Å². The van der Waals surface area contributed by atoms with Crippen molar-refractivity contribution in [3.05, 3.63) is 53.1 Å². The van der Waals surface area contributed by atoms with Crippen LogP contribution in [0, 0.1) is 0 Å². The Hall–Kier alpha value is -2.28. The Labute approximate surface area is 175 Å². The molecule has 2 N–H and O–H groups in total. The van der Waals surface area contributed by atoms with E-state index >= 15 is 0 Å². The number of ether oxygens (including phenoxy) is 2. The van der Waals surface area contributed by atoms with Crippen LogP contribution in [0.25, 0.3) is 11.1 Å². The van der Waals surface area contributed by atoms with Crippen LogP contribution in [0.1, 0.15) is 31.7 Å². The number of halogens is 1. The van der Waals surface area contributed by atoms with Crippen LogP contribution in [0.15, 0.2) is 47.5 Å². The molecule has 0 amide bonds. The van der Waals surface area contributed by atoms with Crippen LogP contribution in [-0.2, 0) is 15.3 Å². The van der Waals surface area contributed by atoms with Gasteiger partial charge in [0.1, 0.15) is 11.4 Å². The molecule has 29 heavy (non-hydrogen) atoms. The highest BCUT2D eigenvalue weighted by Crippen LogP contribution is 2.52. The molecule has 6 nitrogen and oxygen atoms in total. The van der Waals surface area contributed by atoms with Crippen molar-refractivity contribution in [2.75, 3.05) is 13.7 Å². The van der Waals surface area contributed by atoms with E-state index in [0.717, 1.165) is 35.3 Å². The lowest BCUT2D eigenvalue weighted by Gasteiger charge is -2.47. The number of benzene rings is 2. The van der Waals surface area contributed by atoms with Crippen LogP contribution in [0.3, 0.4) is 0 Å². The molecular weight excluding hydrogens is 390 g/mol. The molecule has 1 fully saturated rings. The molecule has 2 aromatic rings. The fourth-order valence-corrected chi connectivity index (χ4v) is 4.63. The lowest BCUT2D eigenvalue weighted by atomic mass is 9.80.